The molecule has 0 heterocycles. The number of rotatable bonds is 0. The van der Waals surface area contributed by atoms with Crippen LogP contribution in [-0.4, -0.2) is 56.4 Å². The first-order valence-electron chi connectivity index (χ1n) is 10.4. The van der Waals surface area contributed by atoms with Crippen LogP contribution in [-0.2, 0) is 52.1 Å². The molecule has 18 heteroatoms. The first-order chi connectivity index (χ1) is 16.5. The molecule has 38 heavy (non-hydrogen) atoms. The Morgan fingerprint density at radius 1 is 0.526 bits per heavy atom. The van der Waals surface area contributed by atoms with Crippen LogP contribution in [0.4, 0.5) is 0 Å². The van der Waals surface area contributed by atoms with Gasteiger partial charge in [0.15, 0.2) is 0 Å². The van der Waals surface area contributed by atoms with Gasteiger partial charge in [-0.25, -0.2) is 0 Å². The van der Waals surface area contributed by atoms with E-state index < -0.39 is 56.8 Å². The molecule has 0 radical (unpaired) electrons. The zero-order valence-electron chi connectivity index (χ0n) is 21.9. The Morgan fingerprint density at radius 3 is 0.684 bits per heavy atom. The standard InChI is InChI=1S/2C6H12N.4C2H4O2.4ClH.2H2N.2Pt/c2*7-6-4-2-1-3-5-6;4*1-2(3)4;;;;;;;;/h2*6-7H,1-5H2;4*1H3,(H,3,4);4*1H;2*1H2;;/q2*-1;;;;;;;;;2*-1;2*+4/p-4. The van der Waals surface area contributed by atoms with Gasteiger partial charge in [-0.1, -0.05) is 64.2 Å². The maximum absolute atomic E-state index is 9.00. The SMILES string of the molecule is CC(=O)O.CC(=O)O.CC(=O)O.CC(=O)O.[Cl][Pt+2][Cl].[Cl][Pt+2][Cl].[NH-]C1CCCCC1.[NH-]C1CCCCC1.[NH2-].[NH2-]. The monoisotopic (exact) mass is 998 g/mol. The van der Waals surface area contributed by atoms with Crippen LogP contribution in [0.1, 0.15) is 91.9 Å². The van der Waals surface area contributed by atoms with Crippen LogP contribution in [0.3, 0.4) is 0 Å². The van der Waals surface area contributed by atoms with Gasteiger partial charge >= 0.3 is 70.6 Å². The van der Waals surface area contributed by atoms with Gasteiger partial charge in [0.2, 0.25) is 0 Å². The molecule has 0 atom stereocenters. The molecular weight excluding hydrogens is 956 g/mol. The molecule has 2 aliphatic rings. The predicted octanol–water partition coefficient (Wildman–Crippen LogP) is 9.29. The number of nitrogens with two attached hydrogens (primary N) is 2. The molecule has 2 saturated carbocycles. The van der Waals surface area contributed by atoms with Crippen molar-refractivity contribution < 1.29 is 72.6 Å². The average molecular weight is 1000 g/mol. The van der Waals surface area contributed by atoms with E-state index in [2.05, 4.69) is 0 Å². The molecule has 0 bridgehead atoms. The average Bonchev–Trinajstić information content (AvgIpc) is 2.69. The molecule has 12 nitrogen and oxygen atoms in total. The fourth-order valence-corrected chi connectivity index (χ4v) is 2.21. The van der Waals surface area contributed by atoms with Crippen molar-refractivity contribution in [2.24, 2.45) is 0 Å². The molecule has 2 fully saturated rings. The summed E-state index contributed by atoms with van der Waals surface area (Å²) in [7, 11) is 19.5. The summed E-state index contributed by atoms with van der Waals surface area (Å²) in [5, 5.41) is 29.7. The minimum Gasteiger partial charge on any atom is -0.693 e. The molecule has 0 aromatic heterocycles. The summed E-state index contributed by atoms with van der Waals surface area (Å²) in [6, 6.07) is 0.572. The maximum Gasteiger partial charge on any atom is -0.0534 e. The first-order valence-corrected chi connectivity index (χ1v) is 21.7. The third-order valence-corrected chi connectivity index (χ3v) is 3.21. The quantitative estimate of drug-likeness (QED) is 0.181. The molecule has 0 unspecified atom stereocenters. The fraction of sp³-hybridized carbons (Fsp3) is 0.800. The van der Waals surface area contributed by atoms with E-state index in [1.54, 1.807) is 0 Å². The van der Waals surface area contributed by atoms with E-state index in [1.165, 1.54) is 38.5 Å². The number of aliphatic carboxylic acids is 4. The van der Waals surface area contributed by atoms with Gasteiger partial charge in [-0.15, -0.1) is 12.1 Å². The van der Waals surface area contributed by atoms with E-state index in [9.17, 15) is 0 Å². The second-order valence-corrected chi connectivity index (χ2v) is 13.4. The van der Waals surface area contributed by atoms with Gasteiger partial charge in [0.25, 0.3) is 23.9 Å². The van der Waals surface area contributed by atoms with Crippen LogP contribution >= 0.6 is 37.7 Å². The van der Waals surface area contributed by atoms with Gasteiger partial charge < -0.3 is 44.2 Å². The Hall–Kier alpha value is 0.257. The van der Waals surface area contributed by atoms with Crippen LogP contribution in [0.2, 0.25) is 0 Å². The van der Waals surface area contributed by atoms with E-state index in [-0.39, 0.29) is 24.4 Å². The molecule has 0 aromatic carbocycles. The molecule has 2 rings (SSSR count). The Kier molecular flexibility index (Phi) is 81.7. The number of carboxylic acid groups (broad SMARTS) is 4. The predicted molar refractivity (Wildman–Crippen MR) is 150 cm³/mol. The van der Waals surface area contributed by atoms with Crippen molar-refractivity contribution in [3.63, 3.8) is 0 Å². The topological polar surface area (TPSA) is 264 Å². The molecule has 0 aliphatic heterocycles. The smallest absolute Gasteiger partial charge is 0.0534 e. The van der Waals surface area contributed by atoms with Crippen LogP contribution in [0.15, 0.2) is 0 Å². The second-order valence-electron chi connectivity index (χ2n) is 6.84. The number of hydrogen-bond acceptors (Lipinski definition) is 4. The van der Waals surface area contributed by atoms with Crippen molar-refractivity contribution >= 4 is 61.5 Å². The third kappa shape index (κ3) is 171. The number of halogens is 4. The van der Waals surface area contributed by atoms with Crippen molar-refractivity contribution in [3.8, 4) is 0 Å². The molecule has 0 saturated heterocycles. The molecule has 0 aromatic rings. The third-order valence-electron chi connectivity index (χ3n) is 3.21. The van der Waals surface area contributed by atoms with Crippen molar-refractivity contribution in [2.75, 3.05) is 0 Å². The van der Waals surface area contributed by atoms with E-state index >= 15 is 0 Å². The van der Waals surface area contributed by atoms with Gasteiger partial charge in [-0.2, -0.15) is 0 Å². The number of carbonyl (C=O) groups is 4. The van der Waals surface area contributed by atoms with Gasteiger partial charge in [0.05, 0.1) is 0 Å². The van der Waals surface area contributed by atoms with Crippen molar-refractivity contribution in [3.05, 3.63) is 23.8 Å². The van der Waals surface area contributed by atoms with Gasteiger partial charge in [0, 0.05) is 27.7 Å². The minimum absolute atomic E-state index is 0. The zero-order chi connectivity index (χ0) is 29.9. The largest absolute Gasteiger partial charge is 0.693 e. The number of carboxylic acids is 4. The van der Waals surface area contributed by atoms with Gasteiger partial charge in [-0.3, -0.25) is 19.2 Å². The second kappa shape index (κ2) is 53.5. The van der Waals surface area contributed by atoms with Gasteiger partial charge in [-0.05, 0) is 0 Å². The molecule has 10 N–H and O–H groups in total. The summed E-state index contributed by atoms with van der Waals surface area (Å²) in [4.78, 5) is 36.0. The van der Waals surface area contributed by atoms with Crippen molar-refractivity contribution in [1.82, 2.24) is 0 Å². The normalized spacial score (nSPS) is 13.1. The first kappa shape index (κ1) is 58.0. The van der Waals surface area contributed by atoms with E-state index in [0.717, 1.165) is 53.4 Å². The van der Waals surface area contributed by atoms with Gasteiger partial charge in [0.1, 0.15) is 0 Å². The molecule has 0 spiro atoms. The summed E-state index contributed by atoms with van der Waals surface area (Å²) in [6.45, 7) is 4.33. The molecular formula is C20H44Cl4N4O8Pt2. The summed E-state index contributed by atoms with van der Waals surface area (Å²) in [6.07, 6.45) is 12.6. The summed E-state index contributed by atoms with van der Waals surface area (Å²) in [5.41, 5.74) is 14.5. The zero-order valence-corrected chi connectivity index (χ0v) is 29.5. The van der Waals surface area contributed by atoms with E-state index in [0.29, 0.717) is 0 Å². The molecule has 2 aliphatic carbocycles. The van der Waals surface area contributed by atoms with Crippen LogP contribution in [0.5, 0.6) is 0 Å². The summed E-state index contributed by atoms with van der Waals surface area (Å²) < 4.78 is 0. The van der Waals surface area contributed by atoms with E-state index in [1.807, 2.05) is 0 Å². The van der Waals surface area contributed by atoms with Crippen LogP contribution < -0.4 is 0 Å². The summed E-state index contributed by atoms with van der Waals surface area (Å²) >= 11 is -0.944. The van der Waals surface area contributed by atoms with E-state index in [4.69, 9.17) is 88.7 Å². The Morgan fingerprint density at radius 2 is 0.632 bits per heavy atom. The minimum atomic E-state index is -0.833. The van der Waals surface area contributed by atoms with Crippen LogP contribution in [0, 0.1) is 0 Å². The molecule has 0 amide bonds. The number of nitrogens with one attached hydrogen (secondary N) is 2. The van der Waals surface area contributed by atoms with Crippen LogP contribution in [0.25, 0.3) is 23.8 Å². The Balaban J connectivity index is -0.0000000459. The fourth-order valence-electron chi connectivity index (χ4n) is 2.21. The maximum atomic E-state index is 9.00. The Labute approximate surface area is 260 Å². The number of hydrogen-bond donors (Lipinski definition) is 4. The van der Waals surface area contributed by atoms with Crippen molar-refractivity contribution in [1.29, 1.82) is 0 Å². The van der Waals surface area contributed by atoms with Crippen molar-refractivity contribution in [2.45, 2.75) is 104 Å². The summed E-state index contributed by atoms with van der Waals surface area (Å²) in [5.74, 6) is -3.33. The Bertz CT molecular complexity index is 414. The molecule has 240 valence electrons.